The molecule has 0 unspecified atom stereocenters. The zero-order chi connectivity index (χ0) is 23.4. The van der Waals surface area contributed by atoms with Gasteiger partial charge in [-0.15, -0.1) is 16.8 Å². The van der Waals surface area contributed by atoms with Gasteiger partial charge in [0, 0.05) is 16.1 Å². The number of hydrogen-bond acceptors (Lipinski definition) is 4. The monoisotopic (exact) mass is 473 g/mol. The Labute approximate surface area is 195 Å². The number of aromatic nitrogens is 3. The highest BCUT2D eigenvalue weighted by molar-refractivity contribution is 6.35. The summed E-state index contributed by atoms with van der Waals surface area (Å²) in [6, 6.07) is 11.1. The number of nitrogens with one attached hydrogen (secondary N) is 1. The number of unbranched alkanes of at least 4 members (excludes halogenated alkanes) is 2. The summed E-state index contributed by atoms with van der Waals surface area (Å²) < 4.78 is 43.9. The maximum Gasteiger partial charge on any atom is 0.418 e. The van der Waals surface area contributed by atoms with Crippen LogP contribution in [0.4, 0.5) is 13.2 Å². The fourth-order valence-electron chi connectivity index (χ4n) is 3.89. The molecule has 1 N–H and O–H groups in total. The quantitative estimate of drug-likeness (QED) is 0.335. The van der Waals surface area contributed by atoms with E-state index in [0.29, 0.717) is 40.1 Å². The number of fused-ring (bicyclic) bond motifs is 3. The molecule has 1 aliphatic heterocycles. The van der Waals surface area contributed by atoms with Crippen LogP contribution >= 0.6 is 11.6 Å². The second-order valence-electron chi connectivity index (χ2n) is 7.67. The van der Waals surface area contributed by atoms with Crippen LogP contribution in [0.2, 0.25) is 5.02 Å². The average Bonchev–Trinajstić information content (AvgIpc) is 3.11. The molecule has 0 atom stereocenters. The molecule has 172 valence electrons. The Morgan fingerprint density at radius 1 is 1.06 bits per heavy atom. The van der Waals surface area contributed by atoms with E-state index in [-0.39, 0.29) is 18.8 Å². The molecule has 0 aliphatic carbocycles. The molecule has 0 saturated carbocycles. The zero-order valence-corrected chi connectivity index (χ0v) is 18.6. The van der Waals surface area contributed by atoms with E-state index in [4.69, 9.17) is 11.6 Å². The summed E-state index contributed by atoms with van der Waals surface area (Å²) in [4.78, 5) is 4.62. The molecule has 2 heterocycles. The molecule has 0 saturated heterocycles. The molecular weight excluding hydrogens is 451 g/mol. The highest BCUT2D eigenvalue weighted by Crippen LogP contribution is 2.38. The molecule has 2 aromatic carbocycles. The first kappa shape index (κ1) is 23.2. The van der Waals surface area contributed by atoms with Crippen LogP contribution in [0.3, 0.4) is 0 Å². The summed E-state index contributed by atoms with van der Waals surface area (Å²) in [5.74, 6) is 0.751. The standard InChI is InChI=1S/C24H23ClF3N5/c1-2-3-4-7-13-29-14-20-31-32-21-15-30-22(16-9-5-6-12-19(16)25)17-10-8-11-18(24(26,27)28)23(17)33(20)21/h2,5-6,8-12,29H,1,3-4,7,13-15H2. The van der Waals surface area contributed by atoms with E-state index < -0.39 is 11.7 Å². The number of aliphatic imine (C=N–C) groups is 1. The summed E-state index contributed by atoms with van der Waals surface area (Å²) in [6.07, 6.45) is 0.136. The summed E-state index contributed by atoms with van der Waals surface area (Å²) in [7, 11) is 0. The molecule has 1 aliphatic rings. The highest BCUT2D eigenvalue weighted by Gasteiger charge is 2.38. The molecule has 0 radical (unpaired) electrons. The van der Waals surface area contributed by atoms with Crippen LogP contribution in [-0.2, 0) is 19.3 Å². The predicted octanol–water partition coefficient (Wildman–Crippen LogP) is 5.74. The third kappa shape index (κ3) is 4.86. The highest BCUT2D eigenvalue weighted by atomic mass is 35.5. The van der Waals surface area contributed by atoms with Crippen LogP contribution < -0.4 is 5.32 Å². The molecule has 1 aromatic heterocycles. The first-order chi connectivity index (χ1) is 15.9. The van der Waals surface area contributed by atoms with Crippen molar-refractivity contribution in [2.75, 3.05) is 6.54 Å². The third-order valence-electron chi connectivity index (χ3n) is 5.42. The Morgan fingerprint density at radius 2 is 1.85 bits per heavy atom. The van der Waals surface area contributed by atoms with Crippen molar-refractivity contribution < 1.29 is 13.2 Å². The third-order valence-corrected chi connectivity index (χ3v) is 5.75. The van der Waals surface area contributed by atoms with Crippen molar-refractivity contribution >= 4 is 17.3 Å². The van der Waals surface area contributed by atoms with Crippen molar-refractivity contribution in [3.05, 3.63) is 88.5 Å². The molecule has 0 bridgehead atoms. The first-order valence-corrected chi connectivity index (χ1v) is 11.0. The fraction of sp³-hybridized carbons (Fsp3) is 0.292. The van der Waals surface area contributed by atoms with E-state index in [1.807, 2.05) is 6.08 Å². The van der Waals surface area contributed by atoms with Crippen LogP contribution in [0.5, 0.6) is 0 Å². The maximum absolute atomic E-state index is 14.1. The lowest BCUT2D eigenvalue weighted by atomic mass is 9.97. The van der Waals surface area contributed by atoms with Crippen molar-refractivity contribution in [1.29, 1.82) is 0 Å². The molecule has 0 fully saturated rings. The van der Waals surface area contributed by atoms with E-state index in [0.717, 1.165) is 25.3 Å². The van der Waals surface area contributed by atoms with Gasteiger partial charge in [-0.25, -0.2) is 0 Å². The number of alkyl halides is 3. The number of halogens is 4. The summed E-state index contributed by atoms with van der Waals surface area (Å²) in [6.45, 7) is 4.79. The predicted molar refractivity (Wildman–Crippen MR) is 123 cm³/mol. The number of allylic oxidation sites excluding steroid dienone is 1. The van der Waals surface area contributed by atoms with Gasteiger partial charge in [-0.3, -0.25) is 9.56 Å². The van der Waals surface area contributed by atoms with E-state index in [9.17, 15) is 13.2 Å². The molecule has 33 heavy (non-hydrogen) atoms. The fourth-order valence-corrected chi connectivity index (χ4v) is 4.12. The van der Waals surface area contributed by atoms with Gasteiger partial charge in [0.05, 0.1) is 23.5 Å². The molecule has 9 heteroatoms. The van der Waals surface area contributed by atoms with Crippen molar-refractivity contribution in [3.8, 4) is 5.69 Å². The van der Waals surface area contributed by atoms with Crippen molar-refractivity contribution in [2.24, 2.45) is 4.99 Å². The Balaban J connectivity index is 1.79. The Kier molecular flexibility index (Phi) is 6.95. The minimum absolute atomic E-state index is 0.0235. The van der Waals surface area contributed by atoms with Gasteiger partial charge < -0.3 is 5.32 Å². The van der Waals surface area contributed by atoms with Crippen molar-refractivity contribution in [2.45, 2.75) is 38.5 Å². The minimum atomic E-state index is -4.57. The lowest BCUT2D eigenvalue weighted by Crippen LogP contribution is -2.21. The van der Waals surface area contributed by atoms with E-state index in [1.165, 1.54) is 10.6 Å². The van der Waals surface area contributed by atoms with E-state index >= 15 is 0 Å². The van der Waals surface area contributed by atoms with Gasteiger partial charge in [0.2, 0.25) is 0 Å². The van der Waals surface area contributed by atoms with Crippen molar-refractivity contribution in [3.63, 3.8) is 0 Å². The van der Waals surface area contributed by atoms with Gasteiger partial charge in [0.1, 0.15) is 6.54 Å². The van der Waals surface area contributed by atoms with Gasteiger partial charge in [-0.1, -0.05) is 48.0 Å². The van der Waals surface area contributed by atoms with Crippen LogP contribution in [-0.4, -0.2) is 27.0 Å². The number of nitrogens with zero attached hydrogens (tertiary/aromatic N) is 4. The van der Waals surface area contributed by atoms with Crippen LogP contribution in [0.15, 0.2) is 60.1 Å². The number of rotatable bonds is 8. The molecule has 4 rings (SSSR count). The normalized spacial score (nSPS) is 13.2. The SMILES string of the molecule is C=CCCCCNCc1nnc2n1-c1c(cccc1C(F)(F)F)C(c1ccccc1Cl)=NC2. The summed E-state index contributed by atoms with van der Waals surface area (Å²) in [5, 5.41) is 12.0. The first-order valence-electron chi connectivity index (χ1n) is 10.7. The lowest BCUT2D eigenvalue weighted by Gasteiger charge is -2.19. The second-order valence-corrected chi connectivity index (χ2v) is 8.08. The van der Waals surface area contributed by atoms with Gasteiger partial charge in [-0.05, 0) is 37.9 Å². The van der Waals surface area contributed by atoms with Gasteiger partial charge in [0.15, 0.2) is 11.6 Å². The van der Waals surface area contributed by atoms with Crippen LogP contribution in [0, 0.1) is 0 Å². The molecule has 5 nitrogen and oxygen atoms in total. The van der Waals surface area contributed by atoms with Crippen molar-refractivity contribution in [1.82, 2.24) is 20.1 Å². The van der Waals surface area contributed by atoms with Crippen LogP contribution in [0.1, 0.15) is 47.6 Å². The molecule has 0 spiro atoms. The zero-order valence-electron chi connectivity index (χ0n) is 17.9. The molecule has 3 aromatic rings. The minimum Gasteiger partial charge on any atom is -0.310 e. The van der Waals surface area contributed by atoms with Gasteiger partial charge in [0.25, 0.3) is 0 Å². The van der Waals surface area contributed by atoms with E-state index in [2.05, 4.69) is 27.1 Å². The lowest BCUT2D eigenvalue weighted by molar-refractivity contribution is -0.137. The Morgan fingerprint density at radius 3 is 2.61 bits per heavy atom. The summed E-state index contributed by atoms with van der Waals surface area (Å²) in [5.41, 5.74) is 0.513. The number of para-hydroxylation sites is 1. The smallest absolute Gasteiger partial charge is 0.310 e. The Bertz CT molecular complexity index is 1180. The molecule has 0 amide bonds. The van der Waals surface area contributed by atoms with Crippen LogP contribution in [0.25, 0.3) is 5.69 Å². The Hall–Kier alpha value is -2.97. The number of benzene rings is 2. The van der Waals surface area contributed by atoms with E-state index in [1.54, 1.807) is 30.3 Å². The number of hydrogen-bond donors (Lipinski definition) is 1. The summed E-state index contributed by atoms with van der Waals surface area (Å²) >= 11 is 6.39. The molecular formula is C24H23ClF3N5. The second kappa shape index (κ2) is 9.89. The van der Waals surface area contributed by atoms with Gasteiger partial charge >= 0.3 is 6.18 Å². The topological polar surface area (TPSA) is 55.1 Å². The largest absolute Gasteiger partial charge is 0.418 e. The van der Waals surface area contributed by atoms with Gasteiger partial charge in [-0.2, -0.15) is 13.2 Å². The average molecular weight is 474 g/mol. The maximum atomic E-state index is 14.1.